The Morgan fingerprint density at radius 2 is 2.18 bits per heavy atom. The molecule has 17 heavy (non-hydrogen) atoms. The minimum atomic E-state index is 0.105. The number of amidine groups is 1. The Kier molecular flexibility index (Phi) is 2.81. The van der Waals surface area contributed by atoms with Crippen molar-refractivity contribution >= 4 is 11.7 Å². The molecule has 2 heterocycles. The average Bonchev–Trinajstić information content (AvgIpc) is 2.57. The number of hydrogen-bond acceptors (Lipinski definition) is 3. The van der Waals surface area contributed by atoms with Crippen LogP contribution in [0.5, 0.6) is 0 Å². The molecule has 1 aliphatic heterocycles. The molecule has 0 radical (unpaired) electrons. The van der Waals surface area contributed by atoms with Crippen molar-refractivity contribution in [2.24, 2.45) is 5.73 Å². The summed E-state index contributed by atoms with van der Waals surface area (Å²) in [7, 11) is 0. The van der Waals surface area contributed by atoms with Gasteiger partial charge in [0.25, 0.3) is 0 Å². The van der Waals surface area contributed by atoms with Crippen molar-refractivity contribution in [3.63, 3.8) is 0 Å². The van der Waals surface area contributed by atoms with Crippen LogP contribution in [0.1, 0.15) is 37.9 Å². The predicted molar refractivity (Wildman–Crippen MR) is 70.6 cm³/mol. The van der Waals surface area contributed by atoms with Gasteiger partial charge in [-0.1, -0.05) is 0 Å². The molecule has 1 aromatic heterocycles. The first-order valence-electron chi connectivity index (χ1n) is 6.01. The van der Waals surface area contributed by atoms with Crippen LogP contribution in [0.4, 0.5) is 5.82 Å². The summed E-state index contributed by atoms with van der Waals surface area (Å²) in [6.45, 7) is 7.44. The summed E-state index contributed by atoms with van der Waals surface area (Å²) in [5, 5.41) is 7.53. The number of anilines is 1. The van der Waals surface area contributed by atoms with Gasteiger partial charge in [0.05, 0.1) is 0 Å². The number of aryl methyl sites for hydroxylation is 1. The van der Waals surface area contributed by atoms with Gasteiger partial charge in [0.15, 0.2) is 0 Å². The van der Waals surface area contributed by atoms with E-state index in [-0.39, 0.29) is 11.4 Å². The lowest BCUT2D eigenvalue weighted by Crippen LogP contribution is -2.38. The van der Waals surface area contributed by atoms with Crippen LogP contribution in [0.3, 0.4) is 0 Å². The summed E-state index contributed by atoms with van der Waals surface area (Å²) in [4.78, 5) is 6.88. The van der Waals surface area contributed by atoms with Crippen molar-refractivity contribution in [1.29, 1.82) is 5.41 Å². The highest BCUT2D eigenvalue weighted by molar-refractivity contribution is 5.95. The van der Waals surface area contributed by atoms with Gasteiger partial charge in [0.1, 0.15) is 11.7 Å². The van der Waals surface area contributed by atoms with Crippen molar-refractivity contribution in [2.75, 3.05) is 11.4 Å². The molecule has 1 fully saturated rings. The van der Waals surface area contributed by atoms with Gasteiger partial charge in [-0.05, 0) is 45.7 Å². The van der Waals surface area contributed by atoms with Gasteiger partial charge in [-0.3, -0.25) is 5.41 Å². The van der Waals surface area contributed by atoms with E-state index in [1.165, 1.54) is 12.8 Å². The van der Waals surface area contributed by atoms with Crippen molar-refractivity contribution in [2.45, 2.75) is 39.2 Å². The highest BCUT2D eigenvalue weighted by atomic mass is 15.3. The monoisotopic (exact) mass is 232 g/mol. The molecule has 1 saturated heterocycles. The second-order valence-electron chi connectivity index (χ2n) is 5.34. The van der Waals surface area contributed by atoms with Gasteiger partial charge in [-0.15, -0.1) is 0 Å². The molecule has 4 heteroatoms. The van der Waals surface area contributed by atoms with Crippen LogP contribution in [0.2, 0.25) is 0 Å². The summed E-state index contributed by atoms with van der Waals surface area (Å²) in [5.74, 6) is 1.05. The molecule has 0 aliphatic carbocycles. The molecule has 0 amide bonds. The van der Waals surface area contributed by atoms with Crippen molar-refractivity contribution < 1.29 is 0 Å². The zero-order valence-electron chi connectivity index (χ0n) is 10.7. The summed E-state index contributed by atoms with van der Waals surface area (Å²) in [6, 6.07) is 3.78. The number of nitrogen functional groups attached to an aromatic ring is 1. The molecule has 0 aromatic carbocycles. The lowest BCUT2D eigenvalue weighted by atomic mass is 10.0. The Labute approximate surface area is 102 Å². The van der Waals surface area contributed by atoms with Crippen LogP contribution in [0.15, 0.2) is 12.1 Å². The summed E-state index contributed by atoms with van der Waals surface area (Å²) < 4.78 is 0. The number of nitrogens with zero attached hydrogens (tertiary/aromatic N) is 2. The second kappa shape index (κ2) is 4.02. The lowest BCUT2D eigenvalue weighted by Gasteiger charge is -2.33. The van der Waals surface area contributed by atoms with Gasteiger partial charge in [0.2, 0.25) is 0 Å². The summed E-state index contributed by atoms with van der Waals surface area (Å²) >= 11 is 0. The molecule has 92 valence electrons. The largest absolute Gasteiger partial charge is 0.384 e. The fourth-order valence-electron chi connectivity index (χ4n) is 2.48. The molecule has 0 saturated carbocycles. The number of pyridine rings is 1. The molecule has 0 spiro atoms. The van der Waals surface area contributed by atoms with Gasteiger partial charge in [-0.2, -0.15) is 0 Å². The zero-order chi connectivity index (χ0) is 12.6. The topological polar surface area (TPSA) is 66.0 Å². The first kappa shape index (κ1) is 11.9. The third-order valence-electron chi connectivity index (χ3n) is 3.43. The van der Waals surface area contributed by atoms with Gasteiger partial charge in [-0.25, -0.2) is 4.98 Å². The quantitative estimate of drug-likeness (QED) is 0.606. The fraction of sp³-hybridized carbons (Fsp3) is 0.538. The van der Waals surface area contributed by atoms with Crippen LogP contribution in [0.25, 0.3) is 0 Å². The smallest absolute Gasteiger partial charge is 0.129 e. The third kappa shape index (κ3) is 2.25. The minimum absolute atomic E-state index is 0.105. The Bertz CT molecular complexity index is 451. The molecule has 3 N–H and O–H groups in total. The molecule has 4 nitrogen and oxygen atoms in total. The van der Waals surface area contributed by atoms with Gasteiger partial charge >= 0.3 is 0 Å². The Hall–Kier alpha value is -1.58. The van der Waals surface area contributed by atoms with Crippen LogP contribution >= 0.6 is 0 Å². The van der Waals surface area contributed by atoms with Crippen molar-refractivity contribution in [3.8, 4) is 0 Å². The maximum absolute atomic E-state index is 7.53. The molecule has 0 bridgehead atoms. The normalized spacial score (nSPS) is 18.4. The summed E-state index contributed by atoms with van der Waals surface area (Å²) in [6.07, 6.45) is 2.37. The number of nitrogens with one attached hydrogen (secondary N) is 1. The molecule has 1 aliphatic rings. The maximum atomic E-state index is 7.53. The lowest BCUT2D eigenvalue weighted by molar-refractivity contribution is 0.514. The van der Waals surface area contributed by atoms with E-state index in [4.69, 9.17) is 11.1 Å². The molecule has 0 unspecified atom stereocenters. The number of nitrogens with two attached hydrogens (primary N) is 1. The zero-order valence-corrected chi connectivity index (χ0v) is 10.7. The first-order chi connectivity index (χ1) is 7.90. The SMILES string of the molecule is Cc1cc(C(=N)N)cc(N2CCCC2(C)C)n1. The van der Waals surface area contributed by atoms with E-state index in [9.17, 15) is 0 Å². The van der Waals surface area contributed by atoms with Gasteiger partial charge in [0, 0.05) is 23.3 Å². The third-order valence-corrected chi connectivity index (χ3v) is 3.43. The van der Waals surface area contributed by atoms with Crippen molar-refractivity contribution in [1.82, 2.24) is 4.98 Å². The Balaban J connectivity index is 2.42. The maximum Gasteiger partial charge on any atom is 0.129 e. The van der Waals surface area contributed by atoms with E-state index in [1.54, 1.807) is 0 Å². The summed E-state index contributed by atoms with van der Waals surface area (Å²) in [5.41, 5.74) is 7.37. The molecular formula is C13H20N4. The Morgan fingerprint density at radius 3 is 2.71 bits per heavy atom. The van der Waals surface area contributed by atoms with Gasteiger partial charge < -0.3 is 10.6 Å². The molecular weight excluding hydrogens is 212 g/mol. The highest BCUT2D eigenvalue weighted by Gasteiger charge is 2.32. The number of aromatic nitrogens is 1. The predicted octanol–water partition coefficient (Wildman–Crippen LogP) is 2.05. The second-order valence-corrected chi connectivity index (χ2v) is 5.34. The first-order valence-corrected chi connectivity index (χ1v) is 6.01. The van der Waals surface area contributed by atoms with E-state index >= 15 is 0 Å². The average molecular weight is 232 g/mol. The van der Waals surface area contributed by atoms with Crippen LogP contribution in [0, 0.1) is 12.3 Å². The highest BCUT2D eigenvalue weighted by Crippen LogP contribution is 2.32. The van der Waals surface area contributed by atoms with E-state index in [2.05, 4.69) is 23.7 Å². The molecule has 0 atom stereocenters. The van der Waals surface area contributed by atoms with Crippen LogP contribution < -0.4 is 10.6 Å². The van der Waals surface area contributed by atoms with E-state index in [0.29, 0.717) is 0 Å². The molecule has 1 aromatic rings. The minimum Gasteiger partial charge on any atom is -0.384 e. The van der Waals surface area contributed by atoms with E-state index < -0.39 is 0 Å². The van der Waals surface area contributed by atoms with Crippen LogP contribution in [-0.2, 0) is 0 Å². The van der Waals surface area contributed by atoms with E-state index in [1.807, 2.05) is 19.1 Å². The number of rotatable bonds is 2. The fourth-order valence-corrected chi connectivity index (χ4v) is 2.48. The van der Waals surface area contributed by atoms with E-state index in [0.717, 1.165) is 23.6 Å². The van der Waals surface area contributed by atoms with Crippen molar-refractivity contribution in [3.05, 3.63) is 23.4 Å². The van der Waals surface area contributed by atoms with Crippen LogP contribution in [-0.4, -0.2) is 22.9 Å². The standard InChI is InChI=1S/C13H20N4/c1-9-7-10(12(14)15)8-11(16-9)17-6-4-5-13(17,2)3/h7-8H,4-6H2,1-3H3,(H3,14,15). The number of hydrogen-bond donors (Lipinski definition) is 2. The Morgan fingerprint density at radius 1 is 1.47 bits per heavy atom. The molecule has 2 rings (SSSR count).